The summed E-state index contributed by atoms with van der Waals surface area (Å²) in [5, 5.41) is 25.9. The highest BCUT2D eigenvalue weighted by atomic mass is 19.3. The van der Waals surface area contributed by atoms with Crippen molar-refractivity contribution in [3.8, 4) is 5.75 Å². The van der Waals surface area contributed by atoms with Gasteiger partial charge < -0.3 is 25.7 Å². The molecule has 1 saturated heterocycles. The summed E-state index contributed by atoms with van der Waals surface area (Å²) in [6, 6.07) is 11.5. The van der Waals surface area contributed by atoms with Crippen LogP contribution in [0.2, 0.25) is 0 Å². The van der Waals surface area contributed by atoms with E-state index in [0.717, 1.165) is 0 Å². The smallest absolute Gasteiger partial charge is 0.272 e. The van der Waals surface area contributed by atoms with Crippen LogP contribution >= 0.6 is 0 Å². The van der Waals surface area contributed by atoms with Crippen LogP contribution < -0.4 is 10.6 Å². The van der Waals surface area contributed by atoms with Crippen molar-refractivity contribution < 1.29 is 33.4 Å². The molecule has 0 aromatic heterocycles. The maximum Gasteiger partial charge on any atom is 0.272 e. The van der Waals surface area contributed by atoms with Gasteiger partial charge in [-0.05, 0) is 37.1 Å². The Bertz CT molecular complexity index is 1110. The maximum atomic E-state index is 14.9. The lowest BCUT2D eigenvalue weighted by Gasteiger charge is -2.34. The molecular weight excluding hydrogens is 472 g/mol. The molecule has 1 fully saturated rings. The fourth-order valence-corrected chi connectivity index (χ4v) is 4.39. The van der Waals surface area contributed by atoms with Crippen molar-refractivity contribution in [3.05, 3.63) is 65.7 Å². The van der Waals surface area contributed by atoms with Gasteiger partial charge in [-0.3, -0.25) is 14.4 Å². The van der Waals surface area contributed by atoms with Crippen molar-refractivity contribution >= 4 is 17.7 Å². The number of hydrogen-bond donors (Lipinski definition) is 4. The summed E-state index contributed by atoms with van der Waals surface area (Å²) in [5.74, 6) is -6.05. The number of likely N-dealkylation sites (tertiary alicyclic amines) is 1. The van der Waals surface area contributed by atoms with Gasteiger partial charge in [0.25, 0.3) is 17.7 Å². The number of carbonyl (C=O) groups excluding carboxylic acids is 3. The zero-order chi connectivity index (χ0) is 26.7. The number of aromatic hydroxyl groups is 1. The zero-order valence-electron chi connectivity index (χ0n) is 20.4. The average molecular weight is 504 g/mol. The average Bonchev–Trinajstić information content (AvgIpc) is 3.02. The van der Waals surface area contributed by atoms with E-state index in [-0.39, 0.29) is 24.3 Å². The largest absolute Gasteiger partial charge is 0.508 e. The molecule has 1 aliphatic heterocycles. The van der Waals surface area contributed by atoms with Gasteiger partial charge in [-0.25, -0.2) is 8.78 Å². The van der Waals surface area contributed by atoms with Crippen LogP contribution in [0.4, 0.5) is 8.78 Å². The lowest BCUT2D eigenvalue weighted by molar-refractivity contribution is -0.148. The molecule has 4 N–H and O–H groups in total. The van der Waals surface area contributed by atoms with Gasteiger partial charge in [-0.1, -0.05) is 50.2 Å². The fraction of sp³-hybridized carbons (Fsp3) is 0.423. The lowest BCUT2D eigenvalue weighted by Crippen LogP contribution is -2.57. The van der Waals surface area contributed by atoms with E-state index in [4.69, 9.17) is 0 Å². The van der Waals surface area contributed by atoms with E-state index >= 15 is 0 Å². The molecule has 194 valence electrons. The number of carbonyl (C=O) groups is 3. The Morgan fingerprint density at radius 3 is 2.39 bits per heavy atom. The van der Waals surface area contributed by atoms with Crippen molar-refractivity contribution in [2.45, 2.75) is 51.3 Å². The van der Waals surface area contributed by atoms with Crippen LogP contribution in [0.5, 0.6) is 5.75 Å². The van der Waals surface area contributed by atoms with Gasteiger partial charge in [0, 0.05) is 12.1 Å². The molecule has 0 spiro atoms. The Morgan fingerprint density at radius 2 is 1.78 bits per heavy atom. The molecule has 3 rings (SSSR count). The number of halogens is 2. The van der Waals surface area contributed by atoms with Crippen LogP contribution in [-0.2, 0) is 16.0 Å². The number of benzene rings is 2. The second-order valence-corrected chi connectivity index (χ2v) is 9.45. The van der Waals surface area contributed by atoms with Gasteiger partial charge in [0.15, 0.2) is 6.10 Å². The quantitative estimate of drug-likeness (QED) is 0.440. The molecule has 0 aliphatic carbocycles. The lowest BCUT2D eigenvalue weighted by atomic mass is 9.81. The predicted octanol–water partition coefficient (Wildman–Crippen LogP) is 2.10. The highest BCUT2D eigenvalue weighted by molar-refractivity contribution is 5.96. The molecule has 3 atom stereocenters. The van der Waals surface area contributed by atoms with Crippen LogP contribution in [0.1, 0.15) is 36.7 Å². The summed E-state index contributed by atoms with van der Waals surface area (Å²) in [4.78, 5) is 39.7. The first kappa shape index (κ1) is 27.1. The Balaban J connectivity index is 1.92. The Morgan fingerprint density at radius 1 is 1.11 bits per heavy atom. The molecule has 1 aliphatic rings. The van der Waals surface area contributed by atoms with E-state index in [1.165, 1.54) is 38.1 Å². The zero-order valence-corrected chi connectivity index (χ0v) is 20.4. The molecule has 8 nitrogen and oxygen atoms in total. The van der Waals surface area contributed by atoms with E-state index in [1.807, 2.05) is 0 Å². The normalized spacial score (nSPS) is 19.8. The number of nitrogens with zero attached hydrogens (tertiary/aromatic N) is 1. The predicted molar refractivity (Wildman–Crippen MR) is 128 cm³/mol. The third-order valence-electron chi connectivity index (χ3n) is 6.55. The van der Waals surface area contributed by atoms with Gasteiger partial charge in [0.2, 0.25) is 5.91 Å². The van der Waals surface area contributed by atoms with Gasteiger partial charge in [-0.2, -0.15) is 0 Å². The van der Waals surface area contributed by atoms with Gasteiger partial charge in [0.05, 0.1) is 18.0 Å². The van der Waals surface area contributed by atoms with Crippen LogP contribution in [0.25, 0.3) is 0 Å². The van der Waals surface area contributed by atoms with Gasteiger partial charge >= 0.3 is 0 Å². The molecule has 0 bridgehead atoms. The number of phenols is 1. The summed E-state index contributed by atoms with van der Waals surface area (Å²) in [6.45, 7) is 3.18. The number of amides is 3. The van der Waals surface area contributed by atoms with Crippen LogP contribution in [0, 0.1) is 5.41 Å². The minimum atomic E-state index is -3.39. The molecule has 2 aromatic carbocycles. The number of likely N-dealkylation sites (N-methyl/N-ethyl adjacent to an activating group) is 1. The highest BCUT2D eigenvalue weighted by Gasteiger charge is 2.64. The van der Waals surface area contributed by atoms with Crippen molar-refractivity contribution in [1.29, 1.82) is 0 Å². The molecule has 10 heteroatoms. The number of alkyl halides is 2. The molecule has 36 heavy (non-hydrogen) atoms. The van der Waals surface area contributed by atoms with Crippen LogP contribution in [0.3, 0.4) is 0 Å². The third kappa shape index (κ3) is 5.48. The SMILES string of the molecule is CCNC(=O)[C@H]1N(C(=O)[C@@H](O)[C@H](Cc2ccccc2)NC(=O)c2cccc(O)c2)CC(F)(F)C1(C)C. The van der Waals surface area contributed by atoms with Crippen LogP contribution in [-0.4, -0.2) is 70.0 Å². The number of rotatable bonds is 8. The Kier molecular flexibility index (Phi) is 7.98. The molecule has 1 heterocycles. The fourth-order valence-electron chi connectivity index (χ4n) is 4.39. The minimum Gasteiger partial charge on any atom is -0.508 e. The monoisotopic (exact) mass is 503 g/mol. The van der Waals surface area contributed by atoms with Crippen molar-refractivity contribution in [1.82, 2.24) is 15.5 Å². The standard InChI is InChI=1S/C26H31F2N3O5/c1-4-29-23(35)21-25(2,3)26(27,28)15-31(21)24(36)20(33)19(13-16-9-6-5-7-10-16)30-22(34)17-11-8-12-18(32)14-17/h5-12,14,19-21,32-33H,4,13,15H2,1-3H3,(H,29,35)(H,30,34)/t19-,20-,21+/m0/s1. The van der Waals surface area contributed by atoms with Crippen molar-refractivity contribution in [2.75, 3.05) is 13.1 Å². The number of aliphatic hydroxyl groups is 1. The Hall–Kier alpha value is -3.53. The minimum absolute atomic E-state index is 0.0117. The Labute approximate surface area is 208 Å². The molecule has 0 radical (unpaired) electrons. The maximum absolute atomic E-state index is 14.9. The van der Waals surface area contributed by atoms with Gasteiger partial charge in [-0.15, -0.1) is 0 Å². The summed E-state index contributed by atoms with van der Waals surface area (Å²) in [6.07, 6.45) is -1.91. The number of aliphatic hydroxyl groups excluding tert-OH is 1. The van der Waals surface area contributed by atoms with Crippen LogP contribution in [0.15, 0.2) is 54.6 Å². The molecule has 0 unspecified atom stereocenters. The molecule has 0 saturated carbocycles. The van der Waals surface area contributed by atoms with E-state index < -0.39 is 53.8 Å². The first-order chi connectivity index (χ1) is 16.9. The summed E-state index contributed by atoms with van der Waals surface area (Å²) >= 11 is 0. The van der Waals surface area contributed by atoms with E-state index in [1.54, 1.807) is 37.3 Å². The van der Waals surface area contributed by atoms with E-state index in [9.17, 15) is 33.4 Å². The summed E-state index contributed by atoms with van der Waals surface area (Å²) in [7, 11) is 0. The second kappa shape index (κ2) is 10.6. The van der Waals surface area contributed by atoms with Gasteiger partial charge in [0.1, 0.15) is 11.8 Å². The van der Waals surface area contributed by atoms with Crippen molar-refractivity contribution in [3.63, 3.8) is 0 Å². The highest BCUT2D eigenvalue weighted by Crippen LogP contribution is 2.48. The van der Waals surface area contributed by atoms with Crippen molar-refractivity contribution in [2.24, 2.45) is 5.41 Å². The summed E-state index contributed by atoms with van der Waals surface area (Å²) < 4.78 is 29.8. The topological polar surface area (TPSA) is 119 Å². The molecule has 3 amide bonds. The first-order valence-corrected chi connectivity index (χ1v) is 11.7. The summed E-state index contributed by atoms with van der Waals surface area (Å²) in [5.41, 5.74) is -1.12. The van der Waals surface area contributed by atoms with E-state index in [2.05, 4.69) is 10.6 Å². The number of nitrogens with one attached hydrogen (secondary N) is 2. The second-order valence-electron chi connectivity index (χ2n) is 9.45. The van der Waals surface area contributed by atoms with E-state index in [0.29, 0.717) is 10.5 Å². The molecular formula is C26H31F2N3O5. The number of hydrogen-bond acceptors (Lipinski definition) is 5. The first-order valence-electron chi connectivity index (χ1n) is 11.7. The third-order valence-corrected chi connectivity index (χ3v) is 6.55. The number of phenolic OH excluding ortho intramolecular Hbond substituents is 1. The molecule has 2 aromatic rings.